The van der Waals surface area contributed by atoms with Gasteiger partial charge < -0.3 is 10.1 Å². The van der Waals surface area contributed by atoms with Gasteiger partial charge in [0.2, 0.25) is 0 Å². The molecule has 0 unspecified atom stereocenters. The lowest BCUT2D eigenvalue weighted by Gasteiger charge is -2.09. The van der Waals surface area contributed by atoms with E-state index < -0.39 is 5.97 Å². The fourth-order valence-electron chi connectivity index (χ4n) is 2.23. The molecule has 23 heavy (non-hydrogen) atoms. The zero-order valence-corrected chi connectivity index (χ0v) is 12.9. The highest BCUT2D eigenvalue weighted by atomic mass is 16.5. The van der Waals surface area contributed by atoms with Gasteiger partial charge in [-0.3, -0.25) is 0 Å². The number of hydrogen-bond donors (Lipinski definition) is 1. The largest absolute Gasteiger partial charge is 0.423 e. The standard InChI is InChI=1S/C20H17NO2/c1-14(2)20(22)23-19-11-9-17(10-12-19)21-18-8-7-15-5-3-4-6-16(15)13-18/h3-13,21H,1H2,2H3. The number of carbonyl (C=O) groups is 1. The zero-order valence-electron chi connectivity index (χ0n) is 12.9. The number of benzene rings is 3. The Kier molecular flexibility index (Phi) is 4.11. The summed E-state index contributed by atoms with van der Waals surface area (Å²) in [6, 6.07) is 21.7. The molecule has 0 aliphatic rings. The molecule has 0 saturated heterocycles. The second-order valence-electron chi connectivity index (χ2n) is 5.38. The predicted molar refractivity (Wildman–Crippen MR) is 94.1 cm³/mol. The summed E-state index contributed by atoms with van der Waals surface area (Å²) in [4.78, 5) is 11.5. The Morgan fingerprint density at radius 2 is 1.57 bits per heavy atom. The summed E-state index contributed by atoms with van der Waals surface area (Å²) in [6.07, 6.45) is 0. The van der Waals surface area contributed by atoms with E-state index in [1.807, 2.05) is 30.3 Å². The number of rotatable bonds is 4. The smallest absolute Gasteiger partial charge is 0.338 e. The van der Waals surface area contributed by atoms with E-state index in [9.17, 15) is 4.79 Å². The Morgan fingerprint density at radius 3 is 2.26 bits per heavy atom. The molecule has 3 aromatic rings. The molecule has 0 amide bonds. The zero-order chi connectivity index (χ0) is 16.2. The van der Waals surface area contributed by atoms with Crippen molar-refractivity contribution >= 4 is 28.1 Å². The maximum atomic E-state index is 11.5. The second kappa shape index (κ2) is 6.36. The molecule has 0 aliphatic heterocycles. The van der Waals surface area contributed by atoms with Crippen molar-refractivity contribution in [2.45, 2.75) is 6.92 Å². The molecule has 0 spiro atoms. The second-order valence-corrected chi connectivity index (χ2v) is 5.38. The van der Waals surface area contributed by atoms with Gasteiger partial charge in [0.25, 0.3) is 0 Å². The van der Waals surface area contributed by atoms with Crippen molar-refractivity contribution in [2.24, 2.45) is 0 Å². The van der Waals surface area contributed by atoms with Gasteiger partial charge >= 0.3 is 5.97 Å². The quantitative estimate of drug-likeness (QED) is 0.415. The van der Waals surface area contributed by atoms with Crippen LogP contribution in [-0.2, 0) is 4.79 Å². The van der Waals surface area contributed by atoms with Crippen molar-refractivity contribution in [1.82, 2.24) is 0 Å². The average Bonchev–Trinajstić information content (AvgIpc) is 2.56. The Labute approximate surface area is 135 Å². The highest BCUT2D eigenvalue weighted by molar-refractivity contribution is 5.89. The fourth-order valence-corrected chi connectivity index (χ4v) is 2.23. The van der Waals surface area contributed by atoms with E-state index in [1.54, 1.807) is 19.1 Å². The van der Waals surface area contributed by atoms with Crippen LogP contribution in [0, 0.1) is 0 Å². The summed E-state index contributed by atoms with van der Waals surface area (Å²) in [5, 5.41) is 5.73. The topological polar surface area (TPSA) is 38.3 Å². The summed E-state index contributed by atoms with van der Waals surface area (Å²) in [7, 11) is 0. The minimum absolute atomic E-state index is 0.378. The summed E-state index contributed by atoms with van der Waals surface area (Å²) in [5.74, 6) is 0.0855. The third-order valence-corrected chi connectivity index (χ3v) is 3.45. The van der Waals surface area contributed by atoms with Crippen molar-refractivity contribution in [3.8, 4) is 5.75 Å². The molecule has 0 heterocycles. The molecule has 3 rings (SSSR count). The molecule has 0 aliphatic carbocycles. The van der Waals surface area contributed by atoms with Crippen LogP contribution in [0.2, 0.25) is 0 Å². The van der Waals surface area contributed by atoms with Crippen LogP contribution in [-0.4, -0.2) is 5.97 Å². The predicted octanol–water partition coefficient (Wildman–Crippen LogP) is 5.06. The SMILES string of the molecule is C=C(C)C(=O)Oc1ccc(Nc2ccc3ccccc3c2)cc1. The van der Waals surface area contributed by atoms with Crippen molar-refractivity contribution in [2.75, 3.05) is 5.32 Å². The molecular weight excluding hydrogens is 286 g/mol. The van der Waals surface area contributed by atoms with Crippen molar-refractivity contribution in [3.63, 3.8) is 0 Å². The number of nitrogens with one attached hydrogen (secondary N) is 1. The lowest BCUT2D eigenvalue weighted by Crippen LogP contribution is -2.07. The van der Waals surface area contributed by atoms with E-state index in [0.29, 0.717) is 11.3 Å². The number of hydrogen-bond acceptors (Lipinski definition) is 3. The normalized spacial score (nSPS) is 10.3. The van der Waals surface area contributed by atoms with Gasteiger partial charge in [0.1, 0.15) is 5.75 Å². The minimum atomic E-state index is -0.416. The minimum Gasteiger partial charge on any atom is -0.423 e. The maximum absolute atomic E-state index is 11.5. The first-order valence-corrected chi connectivity index (χ1v) is 7.35. The molecule has 0 fully saturated rings. The molecular formula is C20H17NO2. The number of ether oxygens (including phenoxy) is 1. The van der Waals surface area contributed by atoms with Gasteiger partial charge in [-0.25, -0.2) is 4.79 Å². The van der Waals surface area contributed by atoms with E-state index in [-0.39, 0.29) is 0 Å². The van der Waals surface area contributed by atoms with Crippen LogP contribution in [0.5, 0.6) is 5.75 Å². The third-order valence-electron chi connectivity index (χ3n) is 3.45. The van der Waals surface area contributed by atoms with Crippen LogP contribution in [0.4, 0.5) is 11.4 Å². The van der Waals surface area contributed by atoms with Crippen molar-refractivity contribution in [1.29, 1.82) is 0 Å². The first-order valence-electron chi connectivity index (χ1n) is 7.35. The molecule has 3 heteroatoms. The van der Waals surface area contributed by atoms with Gasteiger partial charge in [0.15, 0.2) is 0 Å². The maximum Gasteiger partial charge on any atom is 0.338 e. The summed E-state index contributed by atoms with van der Waals surface area (Å²) in [6.45, 7) is 5.19. The van der Waals surface area contributed by atoms with Crippen LogP contribution >= 0.6 is 0 Å². The number of fused-ring (bicyclic) bond motifs is 1. The van der Waals surface area contributed by atoms with Gasteiger partial charge in [-0.15, -0.1) is 0 Å². The summed E-state index contributed by atoms with van der Waals surface area (Å²) >= 11 is 0. The first-order chi connectivity index (χ1) is 11.1. The van der Waals surface area contributed by atoms with E-state index in [1.165, 1.54) is 10.8 Å². The molecule has 0 saturated carbocycles. The summed E-state index contributed by atoms with van der Waals surface area (Å²) < 4.78 is 5.17. The molecule has 1 N–H and O–H groups in total. The van der Waals surface area contributed by atoms with Crippen LogP contribution < -0.4 is 10.1 Å². The summed E-state index contributed by atoms with van der Waals surface area (Å²) in [5.41, 5.74) is 2.31. The lowest BCUT2D eigenvalue weighted by atomic mass is 10.1. The highest BCUT2D eigenvalue weighted by Crippen LogP contribution is 2.24. The van der Waals surface area contributed by atoms with Crippen LogP contribution in [0.1, 0.15) is 6.92 Å². The Balaban J connectivity index is 1.74. The van der Waals surface area contributed by atoms with Crippen LogP contribution in [0.25, 0.3) is 10.8 Å². The highest BCUT2D eigenvalue weighted by Gasteiger charge is 2.05. The number of carbonyl (C=O) groups excluding carboxylic acids is 1. The number of esters is 1. The van der Waals surface area contributed by atoms with Crippen molar-refractivity contribution in [3.05, 3.63) is 78.9 Å². The molecule has 3 aromatic carbocycles. The monoisotopic (exact) mass is 303 g/mol. The van der Waals surface area contributed by atoms with Gasteiger partial charge in [-0.1, -0.05) is 36.9 Å². The molecule has 0 aromatic heterocycles. The Bertz CT molecular complexity index is 866. The Morgan fingerprint density at radius 1 is 0.913 bits per heavy atom. The van der Waals surface area contributed by atoms with Crippen molar-refractivity contribution < 1.29 is 9.53 Å². The Hall–Kier alpha value is -3.07. The lowest BCUT2D eigenvalue weighted by molar-refractivity contribution is -0.130. The van der Waals surface area contributed by atoms with Gasteiger partial charge in [0, 0.05) is 16.9 Å². The average molecular weight is 303 g/mol. The molecule has 0 atom stereocenters. The fraction of sp³-hybridized carbons (Fsp3) is 0.0500. The molecule has 114 valence electrons. The van der Waals surface area contributed by atoms with E-state index in [4.69, 9.17) is 4.74 Å². The van der Waals surface area contributed by atoms with Gasteiger partial charge in [-0.05, 0) is 54.1 Å². The van der Waals surface area contributed by atoms with Crippen LogP contribution in [0.15, 0.2) is 78.9 Å². The van der Waals surface area contributed by atoms with E-state index in [0.717, 1.165) is 11.4 Å². The molecule has 0 radical (unpaired) electrons. The number of anilines is 2. The molecule has 3 nitrogen and oxygen atoms in total. The van der Waals surface area contributed by atoms with E-state index >= 15 is 0 Å². The van der Waals surface area contributed by atoms with Gasteiger partial charge in [0.05, 0.1) is 0 Å². The molecule has 0 bridgehead atoms. The van der Waals surface area contributed by atoms with Crippen LogP contribution in [0.3, 0.4) is 0 Å². The van der Waals surface area contributed by atoms with Gasteiger partial charge in [-0.2, -0.15) is 0 Å². The first kappa shape index (κ1) is 14.9. The third kappa shape index (κ3) is 3.58. The van der Waals surface area contributed by atoms with E-state index in [2.05, 4.69) is 36.2 Å².